The monoisotopic (exact) mass is 263 g/mol. The van der Waals surface area contributed by atoms with E-state index in [-0.39, 0.29) is 10.7 Å². The molecule has 70 valence electrons. The summed E-state index contributed by atoms with van der Waals surface area (Å²) < 4.78 is 0. The minimum absolute atomic E-state index is 0.0381. The molecule has 0 aliphatic heterocycles. The molecule has 0 aromatic heterocycles. The van der Waals surface area contributed by atoms with Gasteiger partial charge in [-0.2, -0.15) is 0 Å². The van der Waals surface area contributed by atoms with Gasteiger partial charge in [0.25, 0.3) is 5.69 Å². The third kappa shape index (κ3) is 2.00. The Labute approximate surface area is 89.0 Å². The Morgan fingerprint density at radius 3 is 2.69 bits per heavy atom. The van der Waals surface area contributed by atoms with E-state index in [0.717, 1.165) is 11.1 Å². The van der Waals surface area contributed by atoms with Gasteiger partial charge >= 0.3 is 0 Å². The van der Waals surface area contributed by atoms with Crippen molar-refractivity contribution in [2.24, 2.45) is 0 Å². The first kappa shape index (κ1) is 10.5. The number of nitrogens with zero attached hydrogens (tertiary/aromatic N) is 1. The summed E-state index contributed by atoms with van der Waals surface area (Å²) in [5, 5.41) is 11.4. The lowest BCUT2D eigenvalue weighted by Crippen LogP contribution is -1.93. The Morgan fingerprint density at radius 1 is 1.62 bits per heavy atom. The van der Waals surface area contributed by atoms with Crippen LogP contribution in [0, 0.1) is 17.0 Å². The molecular weight excluding hydrogens is 257 g/mol. The normalized spacial score (nSPS) is 10.1. The number of hydrogen-bond acceptors (Lipinski definition) is 2. The second-order valence-corrected chi connectivity index (χ2v) is 3.51. The van der Waals surface area contributed by atoms with Crippen molar-refractivity contribution in [1.29, 1.82) is 0 Å². The molecule has 0 aliphatic carbocycles. The van der Waals surface area contributed by atoms with Gasteiger partial charge in [-0.1, -0.05) is 33.6 Å². The summed E-state index contributed by atoms with van der Waals surface area (Å²) in [6.45, 7) is 1.77. The van der Waals surface area contributed by atoms with Gasteiger partial charge in [-0.15, -0.1) is 0 Å². The highest BCUT2D eigenvalue weighted by Gasteiger charge is 2.15. The van der Waals surface area contributed by atoms with E-state index in [2.05, 4.69) is 15.9 Å². The lowest BCUT2D eigenvalue weighted by molar-refractivity contribution is -0.384. The van der Waals surface area contributed by atoms with Crippen molar-refractivity contribution < 1.29 is 4.92 Å². The van der Waals surface area contributed by atoms with E-state index < -0.39 is 4.92 Å². The number of benzene rings is 1. The summed E-state index contributed by atoms with van der Waals surface area (Å²) in [6.07, 6.45) is 0. The van der Waals surface area contributed by atoms with Crippen molar-refractivity contribution in [2.75, 3.05) is 0 Å². The van der Waals surface area contributed by atoms with Crippen LogP contribution in [-0.2, 0) is 5.33 Å². The van der Waals surface area contributed by atoms with Gasteiger partial charge in [0.05, 0.1) is 4.92 Å². The Balaban J connectivity index is 3.31. The van der Waals surface area contributed by atoms with Gasteiger partial charge in [0.15, 0.2) is 0 Å². The maximum atomic E-state index is 10.5. The first-order valence-electron chi connectivity index (χ1n) is 3.56. The Kier molecular flexibility index (Phi) is 3.27. The number of halogens is 2. The average molecular weight is 265 g/mol. The minimum atomic E-state index is -0.479. The van der Waals surface area contributed by atoms with Crippen LogP contribution in [-0.4, -0.2) is 4.92 Å². The van der Waals surface area contributed by atoms with Gasteiger partial charge < -0.3 is 0 Å². The number of hydrogen-bond donors (Lipinski definition) is 0. The minimum Gasteiger partial charge on any atom is -0.258 e. The van der Waals surface area contributed by atoms with Crippen LogP contribution in [0.1, 0.15) is 11.1 Å². The van der Waals surface area contributed by atoms with Gasteiger partial charge in [-0.25, -0.2) is 0 Å². The van der Waals surface area contributed by atoms with Gasteiger partial charge in [-0.3, -0.25) is 10.1 Å². The Bertz CT molecular complexity index is 354. The molecular formula is C8H7BrClNO2. The number of alkyl halides is 1. The summed E-state index contributed by atoms with van der Waals surface area (Å²) in [7, 11) is 0. The van der Waals surface area contributed by atoms with Gasteiger partial charge in [-0.05, 0) is 18.1 Å². The van der Waals surface area contributed by atoms with Crippen LogP contribution >= 0.6 is 27.5 Å². The Morgan fingerprint density at radius 2 is 2.23 bits per heavy atom. The fourth-order valence-corrected chi connectivity index (χ4v) is 1.86. The molecule has 0 bridgehead atoms. The van der Waals surface area contributed by atoms with E-state index in [9.17, 15) is 10.1 Å². The maximum absolute atomic E-state index is 10.5. The second-order valence-electron chi connectivity index (χ2n) is 2.57. The zero-order valence-corrected chi connectivity index (χ0v) is 9.22. The lowest BCUT2D eigenvalue weighted by Gasteiger charge is -2.03. The van der Waals surface area contributed by atoms with Crippen molar-refractivity contribution in [3.05, 3.63) is 38.4 Å². The maximum Gasteiger partial charge on any atom is 0.288 e. The summed E-state index contributed by atoms with van der Waals surface area (Å²) in [4.78, 5) is 10.0. The SMILES string of the molecule is Cc1c(CBr)ccc([N+](=O)[O-])c1Cl. The molecule has 1 aromatic rings. The molecule has 0 aliphatic rings. The van der Waals surface area contributed by atoms with E-state index >= 15 is 0 Å². The standard InChI is InChI=1S/C8H7BrClNO2/c1-5-6(4-9)2-3-7(8(5)10)11(12)13/h2-3H,4H2,1H3. The van der Waals surface area contributed by atoms with E-state index in [4.69, 9.17) is 11.6 Å². The summed E-state index contributed by atoms with van der Waals surface area (Å²) >= 11 is 9.09. The summed E-state index contributed by atoms with van der Waals surface area (Å²) in [5.41, 5.74) is 1.69. The van der Waals surface area contributed by atoms with Crippen molar-refractivity contribution in [3.8, 4) is 0 Å². The van der Waals surface area contributed by atoms with E-state index in [1.165, 1.54) is 6.07 Å². The number of rotatable bonds is 2. The first-order valence-corrected chi connectivity index (χ1v) is 5.06. The largest absolute Gasteiger partial charge is 0.288 e. The van der Waals surface area contributed by atoms with Crippen LogP contribution in [0.25, 0.3) is 0 Å². The molecule has 1 rings (SSSR count). The third-order valence-corrected chi connectivity index (χ3v) is 2.90. The zero-order valence-electron chi connectivity index (χ0n) is 6.88. The molecule has 0 amide bonds. The molecule has 0 radical (unpaired) electrons. The van der Waals surface area contributed by atoms with Gasteiger partial charge in [0, 0.05) is 11.4 Å². The zero-order chi connectivity index (χ0) is 10.0. The van der Waals surface area contributed by atoms with Gasteiger partial charge in [0.2, 0.25) is 0 Å². The molecule has 0 N–H and O–H groups in total. The van der Waals surface area contributed by atoms with Crippen LogP contribution in [0.3, 0.4) is 0 Å². The van der Waals surface area contributed by atoms with E-state index in [0.29, 0.717) is 5.33 Å². The molecule has 0 fully saturated rings. The van der Waals surface area contributed by atoms with Crippen LogP contribution in [0.4, 0.5) is 5.69 Å². The van der Waals surface area contributed by atoms with Crippen molar-refractivity contribution in [2.45, 2.75) is 12.3 Å². The third-order valence-electron chi connectivity index (χ3n) is 1.82. The van der Waals surface area contributed by atoms with Gasteiger partial charge in [0.1, 0.15) is 5.02 Å². The fourth-order valence-electron chi connectivity index (χ4n) is 0.997. The van der Waals surface area contributed by atoms with Crippen molar-refractivity contribution in [3.63, 3.8) is 0 Å². The Hall–Kier alpha value is -0.610. The molecule has 1 aromatic carbocycles. The highest BCUT2D eigenvalue weighted by Crippen LogP contribution is 2.30. The first-order chi connectivity index (χ1) is 6.07. The molecule has 13 heavy (non-hydrogen) atoms. The molecule has 0 unspecified atom stereocenters. The topological polar surface area (TPSA) is 43.1 Å². The van der Waals surface area contributed by atoms with Crippen LogP contribution in [0.15, 0.2) is 12.1 Å². The molecule has 0 atom stereocenters. The van der Waals surface area contributed by atoms with Crippen molar-refractivity contribution >= 4 is 33.2 Å². The van der Waals surface area contributed by atoms with E-state index in [1.807, 2.05) is 0 Å². The van der Waals surface area contributed by atoms with E-state index in [1.54, 1.807) is 13.0 Å². The van der Waals surface area contributed by atoms with Crippen LogP contribution in [0.2, 0.25) is 5.02 Å². The molecule has 3 nitrogen and oxygen atoms in total. The molecule has 0 heterocycles. The smallest absolute Gasteiger partial charge is 0.258 e. The molecule has 0 saturated carbocycles. The summed E-state index contributed by atoms with van der Waals surface area (Å²) in [5.74, 6) is 0. The predicted molar refractivity (Wildman–Crippen MR) is 55.5 cm³/mol. The molecule has 5 heteroatoms. The van der Waals surface area contributed by atoms with Crippen LogP contribution in [0.5, 0.6) is 0 Å². The highest BCUT2D eigenvalue weighted by atomic mass is 79.9. The second kappa shape index (κ2) is 4.07. The summed E-state index contributed by atoms with van der Waals surface area (Å²) in [6, 6.07) is 3.13. The quantitative estimate of drug-likeness (QED) is 0.466. The molecule has 0 spiro atoms. The van der Waals surface area contributed by atoms with Crippen molar-refractivity contribution in [1.82, 2.24) is 0 Å². The molecule has 0 saturated heterocycles. The highest BCUT2D eigenvalue weighted by molar-refractivity contribution is 9.08. The number of nitro benzene ring substituents is 1. The average Bonchev–Trinajstić information content (AvgIpc) is 2.09. The lowest BCUT2D eigenvalue weighted by atomic mass is 10.1. The fraction of sp³-hybridized carbons (Fsp3) is 0.250. The van der Waals surface area contributed by atoms with Crippen LogP contribution < -0.4 is 0 Å². The number of nitro groups is 1. The predicted octanol–water partition coefficient (Wildman–Crippen LogP) is 3.45.